The van der Waals surface area contributed by atoms with Gasteiger partial charge in [0.1, 0.15) is 0 Å². The van der Waals surface area contributed by atoms with E-state index in [1.54, 1.807) is 13.8 Å². The van der Waals surface area contributed by atoms with Crippen LogP contribution >= 0.6 is 11.3 Å². The minimum absolute atomic E-state index is 0.0815. The zero-order chi connectivity index (χ0) is 22.6. The maximum absolute atomic E-state index is 12.8. The van der Waals surface area contributed by atoms with E-state index < -0.39 is 20.0 Å². The van der Waals surface area contributed by atoms with Crippen LogP contribution in [0, 0.1) is 5.92 Å². The van der Waals surface area contributed by atoms with E-state index in [0.29, 0.717) is 13.1 Å². The average Bonchev–Trinajstić information content (AvgIpc) is 3.01. The molecule has 13 heteroatoms. The van der Waals surface area contributed by atoms with Crippen molar-refractivity contribution in [2.24, 2.45) is 5.92 Å². The Bertz CT molecular complexity index is 1120. The molecule has 0 bridgehead atoms. The lowest BCUT2D eigenvalue weighted by atomic mass is 10.2. The minimum Gasteiger partial charge on any atom is -0.300 e. The predicted octanol–water partition coefficient (Wildman–Crippen LogP) is 2.50. The van der Waals surface area contributed by atoms with Crippen molar-refractivity contribution in [2.75, 3.05) is 23.1 Å². The highest BCUT2D eigenvalue weighted by molar-refractivity contribution is 7.94. The first-order valence-corrected chi connectivity index (χ1v) is 13.6. The van der Waals surface area contributed by atoms with Gasteiger partial charge in [-0.15, -0.1) is 10.2 Å². The number of amides is 1. The molecule has 10 nitrogen and oxygen atoms in total. The van der Waals surface area contributed by atoms with Gasteiger partial charge in [0.2, 0.25) is 21.1 Å². The van der Waals surface area contributed by atoms with E-state index in [0.717, 1.165) is 37.0 Å². The van der Waals surface area contributed by atoms with Gasteiger partial charge >= 0.3 is 0 Å². The Morgan fingerprint density at radius 2 is 1.61 bits per heavy atom. The highest BCUT2D eigenvalue weighted by atomic mass is 32.2. The molecule has 1 amide bonds. The minimum atomic E-state index is -4.04. The molecule has 170 valence electrons. The van der Waals surface area contributed by atoms with Crippen molar-refractivity contribution < 1.29 is 21.6 Å². The van der Waals surface area contributed by atoms with Crippen molar-refractivity contribution >= 4 is 48.1 Å². The summed E-state index contributed by atoms with van der Waals surface area (Å²) in [4.78, 5) is 11.8. The summed E-state index contributed by atoms with van der Waals surface area (Å²) in [6.07, 6.45) is 3.69. The molecule has 3 rings (SSSR count). The van der Waals surface area contributed by atoms with Crippen LogP contribution in [-0.4, -0.2) is 50.3 Å². The van der Waals surface area contributed by atoms with Gasteiger partial charge in [-0.05, 0) is 37.1 Å². The van der Waals surface area contributed by atoms with E-state index in [1.807, 2.05) is 0 Å². The van der Waals surface area contributed by atoms with Gasteiger partial charge in [0.25, 0.3) is 14.4 Å². The summed E-state index contributed by atoms with van der Waals surface area (Å²) in [6.45, 7) is 4.38. The molecule has 0 aliphatic carbocycles. The molecule has 2 aromatic rings. The first-order chi connectivity index (χ1) is 14.6. The van der Waals surface area contributed by atoms with E-state index in [1.165, 1.54) is 28.6 Å². The van der Waals surface area contributed by atoms with Crippen LogP contribution in [0.2, 0.25) is 0 Å². The number of aromatic nitrogens is 2. The average molecular weight is 488 g/mol. The molecule has 31 heavy (non-hydrogen) atoms. The molecule has 1 aromatic heterocycles. The van der Waals surface area contributed by atoms with Crippen LogP contribution in [-0.2, 0) is 24.8 Å². The lowest BCUT2D eigenvalue weighted by Crippen LogP contribution is -2.31. The van der Waals surface area contributed by atoms with Gasteiger partial charge in [0.05, 0.1) is 4.90 Å². The van der Waals surface area contributed by atoms with Crippen molar-refractivity contribution in [3.63, 3.8) is 0 Å². The lowest BCUT2D eigenvalue weighted by Gasteiger charge is -2.20. The molecule has 0 saturated carbocycles. The summed E-state index contributed by atoms with van der Waals surface area (Å²) in [5, 5.41) is 9.89. The molecule has 1 saturated heterocycles. The third kappa shape index (κ3) is 5.79. The van der Waals surface area contributed by atoms with Crippen LogP contribution in [0.25, 0.3) is 0 Å². The third-order valence-electron chi connectivity index (χ3n) is 4.70. The van der Waals surface area contributed by atoms with Crippen molar-refractivity contribution in [1.29, 1.82) is 0 Å². The Morgan fingerprint density at radius 1 is 1.00 bits per heavy atom. The van der Waals surface area contributed by atoms with Gasteiger partial charge in [0.15, 0.2) is 0 Å². The number of nitrogens with zero attached hydrogens (tertiary/aromatic N) is 3. The Balaban J connectivity index is 1.71. The van der Waals surface area contributed by atoms with Gasteiger partial charge in [0, 0.05) is 24.7 Å². The summed E-state index contributed by atoms with van der Waals surface area (Å²) in [5.41, 5.74) is 0.192. The highest BCUT2D eigenvalue weighted by Crippen LogP contribution is 2.25. The van der Waals surface area contributed by atoms with Crippen molar-refractivity contribution in [2.45, 2.75) is 48.8 Å². The second-order valence-electron chi connectivity index (χ2n) is 7.47. The fourth-order valence-corrected chi connectivity index (χ4v) is 6.42. The summed E-state index contributed by atoms with van der Waals surface area (Å²) < 4.78 is 54.3. The molecule has 1 aromatic carbocycles. The van der Waals surface area contributed by atoms with Gasteiger partial charge < -0.3 is 5.32 Å². The van der Waals surface area contributed by atoms with E-state index in [9.17, 15) is 21.6 Å². The summed E-state index contributed by atoms with van der Waals surface area (Å²) in [6, 6.07) is 5.55. The second kappa shape index (κ2) is 9.59. The maximum atomic E-state index is 12.8. The molecule has 1 fully saturated rings. The van der Waals surface area contributed by atoms with E-state index in [2.05, 4.69) is 20.2 Å². The summed E-state index contributed by atoms with van der Waals surface area (Å²) in [5.74, 6) is -0.583. The number of carbonyl (C=O) groups excluding carboxylic acids is 1. The van der Waals surface area contributed by atoms with Gasteiger partial charge in [-0.1, -0.05) is 38.0 Å². The number of carbonyl (C=O) groups is 1. The Kier molecular flexibility index (Phi) is 7.29. The van der Waals surface area contributed by atoms with Gasteiger partial charge in [-0.25, -0.2) is 8.42 Å². The molecule has 0 atom stereocenters. The second-order valence-corrected chi connectivity index (χ2v) is 12.2. The summed E-state index contributed by atoms with van der Waals surface area (Å²) in [7, 11) is -7.66. The largest absolute Gasteiger partial charge is 0.300 e. The topological polar surface area (TPSA) is 138 Å². The highest BCUT2D eigenvalue weighted by Gasteiger charge is 2.26. The molecule has 1 aliphatic rings. The third-order valence-corrected chi connectivity index (χ3v) is 9.20. The standard InChI is InChI=1S/C18H25N5O5S3/c1-13(2)16(24)19-17-20-21-18(29-17)30(25,26)22-14-7-9-15(10-8-14)31(27,28)23-11-5-3-4-6-12-23/h7-10,13,22H,3-6,11-12H2,1-2H3,(H,19,20,24). The number of hydrogen-bond donors (Lipinski definition) is 2. The van der Waals surface area contributed by atoms with Crippen LogP contribution in [0.3, 0.4) is 0 Å². The molecule has 0 unspecified atom stereocenters. The van der Waals surface area contributed by atoms with E-state index in [4.69, 9.17) is 0 Å². The normalized spacial score (nSPS) is 16.1. The van der Waals surface area contributed by atoms with Gasteiger partial charge in [-0.2, -0.15) is 12.7 Å². The molecule has 0 radical (unpaired) electrons. The van der Waals surface area contributed by atoms with Crippen molar-refractivity contribution in [3.8, 4) is 0 Å². The van der Waals surface area contributed by atoms with Crippen molar-refractivity contribution in [1.82, 2.24) is 14.5 Å². The molecule has 0 spiro atoms. The number of sulfonamides is 2. The van der Waals surface area contributed by atoms with Crippen LogP contribution in [0.4, 0.5) is 10.8 Å². The number of benzene rings is 1. The number of hydrogen-bond acceptors (Lipinski definition) is 8. The van der Waals surface area contributed by atoms with Crippen LogP contribution < -0.4 is 10.0 Å². The van der Waals surface area contributed by atoms with Crippen LogP contribution in [0.1, 0.15) is 39.5 Å². The Labute approximate surface area is 186 Å². The molecule has 1 aliphatic heterocycles. The fraction of sp³-hybridized carbons (Fsp3) is 0.500. The SMILES string of the molecule is CC(C)C(=O)Nc1nnc(S(=O)(=O)Nc2ccc(S(=O)(=O)N3CCCCCC3)cc2)s1. The van der Waals surface area contributed by atoms with Crippen molar-refractivity contribution in [3.05, 3.63) is 24.3 Å². The number of anilines is 2. The Hall–Kier alpha value is -2.09. The smallest absolute Gasteiger partial charge is 0.291 e. The fourth-order valence-electron chi connectivity index (χ4n) is 2.94. The first kappa shape index (κ1) is 23.6. The molecule has 2 heterocycles. The molecular weight excluding hydrogens is 462 g/mol. The zero-order valence-corrected chi connectivity index (χ0v) is 19.7. The number of nitrogens with one attached hydrogen (secondary N) is 2. The van der Waals surface area contributed by atoms with E-state index >= 15 is 0 Å². The summed E-state index contributed by atoms with van der Waals surface area (Å²) >= 11 is 0.726. The van der Waals surface area contributed by atoms with Crippen LogP contribution in [0.15, 0.2) is 33.5 Å². The number of rotatable bonds is 7. The molecule has 2 N–H and O–H groups in total. The predicted molar refractivity (Wildman–Crippen MR) is 118 cm³/mol. The molecular formula is C18H25N5O5S3. The lowest BCUT2D eigenvalue weighted by molar-refractivity contribution is -0.118. The van der Waals surface area contributed by atoms with E-state index in [-0.39, 0.29) is 31.9 Å². The first-order valence-electron chi connectivity index (χ1n) is 9.87. The Morgan fingerprint density at radius 3 is 2.19 bits per heavy atom. The quantitative estimate of drug-likeness (QED) is 0.572. The van der Waals surface area contributed by atoms with Crippen LogP contribution in [0.5, 0.6) is 0 Å². The maximum Gasteiger partial charge on any atom is 0.291 e. The van der Waals surface area contributed by atoms with Gasteiger partial charge in [-0.3, -0.25) is 9.52 Å². The monoisotopic (exact) mass is 487 g/mol. The zero-order valence-electron chi connectivity index (χ0n) is 17.2.